The van der Waals surface area contributed by atoms with Gasteiger partial charge in [-0.25, -0.2) is 13.9 Å². The number of hydrogen-bond donors (Lipinski definition) is 2. The Morgan fingerprint density at radius 1 is 1.09 bits per heavy atom. The maximum absolute atomic E-state index is 15.0. The minimum atomic E-state index is -4.92. The number of ether oxygens (including phenoxy) is 1. The van der Waals surface area contributed by atoms with Gasteiger partial charge in [-0.1, -0.05) is 54.6 Å². The number of carbonyl (C=O) groups is 2. The van der Waals surface area contributed by atoms with Crippen LogP contribution in [0, 0.1) is 11.7 Å². The highest BCUT2D eigenvalue weighted by Crippen LogP contribution is 2.36. The van der Waals surface area contributed by atoms with E-state index in [4.69, 9.17) is 4.74 Å². The van der Waals surface area contributed by atoms with Crippen molar-refractivity contribution in [3.05, 3.63) is 107 Å². The summed E-state index contributed by atoms with van der Waals surface area (Å²) >= 11 is 0. The number of carboxylic acid groups (broad SMARTS) is 1. The molecule has 1 fully saturated rings. The molecule has 1 amide bonds. The van der Waals surface area contributed by atoms with Gasteiger partial charge in [0, 0.05) is 23.7 Å². The molecule has 0 atom stereocenters. The Morgan fingerprint density at radius 3 is 2.55 bits per heavy atom. The van der Waals surface area contributed by atoms with Crippen molar-refractivity contribution in [2.75, 3.05) is 6.54 Å². The van der Waals surface area contributed by atoms with Crippen molar-refractivity contribution >= 4 is 23.1 Å². The molecular formula is C33H31F4N3O4. The van der Waals surface area contributed by atoms with Gasteiger partial charge in [0.15, 0.2) is 17.3 Å². The molecule has 0 unspecified atom stereocenters. The first-order valence-corrected chi connectivity index (χ1v) is 14.4. The van der Waals surface area contributed by atoms with Gasteiger partial charge in [-0.15, -0.1) is 0 Å². The molecule has 1 heterocycles. The molecule has 0 bridgehead atoms. The van der Waals surface area contributed by atoms with Crippen molar-refractivity contribution in [2.24, 2.45) is 5.92 Å². The van der Waals surface area contributed by atoms with E-state index in [9.17, 15) is 32.3 Å². The van der Waals surface area contributed by atoms with E-state index in [2.05, 4.69) is 10.4 Å². The lowest BCUT2D eigenvalue weighted by molar-refractivity contribution is -0.143. The molecule has 44 heavy (non-hydrogen) atoms. The van der Waals surface area contributed by atoms with Crippen LogP contribution in [0.1, 0.15) is 64.8 Å². The van der Waals surface area contributed by atoms with E-state index in [0.717, 1.165) is 36.8 Å². The number of nitrogens with zero attached hydrogens (tertiary/aromatic N) is 2. The molecule has 1 saturated carbocycles. The second-order valence-corrected chi connectivity index (χ2v) is 10.7. The topological polar surface area (TPSA) is 93.4 Å². The lowest BCUT2D eigenvalue weighted by Crippen LogP contribution is -2.26. The number of amides is 1. The number of carboxylic acids is 1. The molecule has 2 aromatic carbocycles. The monoisotopic (exact) mass is 609 g/mol. The fourth-order valence-electron chi connectivity index (χ4n) is 5.00. The van der Waals surface area contributed by atoms with E-state index in [1.807, 2.05) is 24.3 Å². The van der Waals surface area contributed by atoms with Crippen LogP contribution in [-0.4, -0.2) is 33.3 Å². The van der Waals surface area contributed by atoms with Crippen molar-refractivity contribution in [3.8, 4) is 5.75 Å². The Morgan fingerprint density at radius 2 is 1.84 bits per heavy atom. The van der Waals surface area contributed by atoms with Crippen LogP contribution in [0.5, 0.6) is 5.75 Å². The number of allylic oxidation sites excluding steroid dienone is 6. The number of hydrogen-bond acceptors (Lipinski definition) is 4. The Kier molecular flexibility index (Phi) is 9.32. The number of alkyl halides is 3. The summed E-state index contributed by atoms with van der Waals surface area (Å²) in [5.74, 6) is -1.87. The zero-order chi connectivity index (χ0) is 31.3. The Hall–Kier alpha value is -4.67. The summed E-state index contributed by atoms with van der Waals surface area (Å²) in [6.45, 7) is 0.763. The van der Waals surface area contributed by atoms with E-state index in [1.54, 1.807) is 24.3 Å². The number of nitrogens with one attached hydrogen (secondary N) is 1. The van der Waals surface area contributed by atoms with Crippen LogP contribution < -0.4 is 10.1 Å². The molecule has 2 aliphatic carbocycles. The van der Waals surface area contributed by atoms with Gasteiger partial charge >= 0.3 is 12.1 Å². The van der Waals surface area contributed by atoms with Crippen molar-refractivity contribution in [3.63, 3.8) is 0 Å². The summed E-state index contributed by atoms with van der Waals surface area (Å²) in [7, 11) is 0. The fourth-order valence-corrected chi connectivity index (χ4v) is 5.00. The van der Waals surface area contributed by atoms with E-state index in [1.165, 1.54) is 18.2 Å². The highest BCUT2D eigenvalue weighted by Gasteiger charge is 2.41. The molecule has 1 aromatic heterocycles. The third-order valence-corrected chi connectivity index (χ3v) is 7.44. The molecule has 0 spiro atoms. The average Bonchev–Trinajstić information content (AvgIpc) is 3.72. The van der Waals surface area contributed by atoms with Crippen molar-refractivity contribution in [1.82, 2.24) is 15.1 Å². The SMILES string of the molecule is O=C(O)c1cnn(C2=CC=CC(c3cccc(F)c3OCc3ccc(CCCNC(=O)C4CC4)cc3)=CCC2)c1C(F)(F)F. The number of para-hydroxylation sites is 1. The maximum Gasteiger partial charge on any atom is 0.434 e. The van der Waals surface area contributed by atoms with Crippen molar-refractivity contribution < 1.29 is 37.0 Å². The Balaban J connectivity index is 1.25. The highest BCUT2D eigenvalue weighted by atomic mass is 19.4. The summed E-state index contributed by atoms with van der Waals surface area (Å²) in [5, 5.41) is 15.9. The van der Waals surface area contributed by atoms with Crippen LogP contribution in [0.3, 0.4) is 0 Å². The van der Waals surface area contributed by atoms with E-state index in [0.29, 0.717) is 28.6 Å². The predicted octanol–water partition coefficient (Wildman–Crippen LogP) is 7.05. The standard InChI is InChI=1S/C33H31F4N3O4/c34-28-11-3-10-26(29(28)44-20-22-14-12-21(13-15-22)5-4-18-38-31(41)24-16-17-24)23-6-1-8-25(9-2-7-23)40-30(33(35,36)37)27(19-39-40)32(42)43/h1,3,6-8,10-15,19,24H,2,4-5,9,16-18,20H2,(H,38,41)(H,42,43). The first-order chi connectivity index (χ1) is 21.1. The van der Waals surface area contributed by atoms with Gasteiger partial charge in [-0.05, 0) is 67.4 Å². The molecule has 230 valence electrons. The van der Waals surface area contributed by atoms with Crippen molar-refractivity contribution in [2.45, 2.75) is 51.3 Å². The van der Waals surface area contributed by atoms with Gasteiger partial charge < -0.3 is 15.2 Å². The quantitative estimate of drug-likeness (QED) is 0.180. The summed E-state index contributed by atoms with van der Waals surface area (Å²) in [4.78, 5) is 23.1. The minimum Gasteiger partial charge on any atom is -0.485 e. The number of halogens is 4. The lowest BCUT2D eigenvalue weighted by atomic mass is 10.00. The number of rotatable bonds is 11. The second kappa shape index (κ2) is 13.3. The van der Waals surface area contributed by atoms with Gasteiger partial charge in [0.2, 0.25) is 5.91 Å². The van der Waals surface area contributed by atoms with Crippen LogP contribution in [0.25, 0.3) is 11.3 Å². The minimum absolute atomic E-state index is 0.0567. The van der Waals surface area contributed by atoms with Gasteiger partial charge in [-0.3, -0.25) is 4.79 Å². The molecule has 3 aromatic rings. The van der Waals surface area contributed by atoms with Gasteiger partial charge in [-0.2, -0.15) is 18.3 Å². The number of aromatic nitrogens is 2. The summed E-state index contributed by atoms with van der Waals surface area (Å²) < 4.78 is 62.6. The van der Waals surface area contributed by atoms with Crippen LogP contribution >= 0.6 is 0 Å². The van der Waals surface area contributed by atoms with E-state index >= 15 is 0 Å². The van der Waals surface area contributed by atoms with Gasteiger partial charge in [0.1, 0.15) is 12.2 Å². The molecule has 0 aliphatic heterocycles. The molecule has 0 saturated heterocycles. The summed E-state index contributed by atoms with van der Waals surface area (Å²) in [6.07, 6.45) is 6.16. The normalized spacial score (nSPS) is 15.2. The first kappa shape index (κ1) is 30.8. The number of carbonyl (C=O) groups excluding carboxylic acids is 1. The van der Waals surface area contributed by atoms with Crippen molar-refractivity contribution in [1.29, 1.82) is 0 Å². The third kappa shape index (κ3) is 7.45. The molecule has 5 rings (SSSR count). The smallest absolute Gasteiger partial charge is 0.434 e. The third-order valence-electron chi connectivity index (χ3n) is 7.44. The largest absolute Gasteiger partial charge is 0.485 e. The molecule has 11 heteroatoms. The zero-order valence-corrected chi connectivity index (χ0v) is 23.7. The van der Waals surface area contributed by atoms with E-state index in [-0.39, 0.29) is 42.7 Å². The van der Waals surface area contributed by atoms with Crippen LogP contribution in [0.4, 0.5) is 17.6 Å². The number of aryl methyl sites for hydroxylation is 1. The van der Waals surface area contributed by atoms with E-state index < -0.39 is 29.2 Å². The Bertz CT molecular complexity index is 1620. The molecular weight excluding hydrogens is 578 g/mol. The zero-order valence-electron chi connectivity index (χ0n) is 23.7. The molecule has 0 radical (unpaired) electrons. The maximum atomic E-state index is 15.0. The summed E-state index contributed by atoms with van der Waals surface area (Å²) in [5.41, 5.74) is 0.980. The number of benzene rings is 2. The first-order valence-electron chi connectivity index (χ1n) is 14.4. The second-order valence-electron chi connectivity index (χ2n) is 10.7. The molecule has 2 aliphatic rings. The highest BCUT2D eigenvalue weighted by molar-refractivity contribution is 5.89. The molecule has 2 N–H and O–H groups in total. The Labute approximate surface area is 251 Å². The number of aromatic carboxylic acids is 1. The van der Waals surface area contributed by atoms with Gasteiger partial charge in [0.05, 0.1) is 6.20 Å². The predicted molar refractivity (Wildman–Crippen MR) is 156 cm³/mol. The molecule has 7 nitrogen and oxygen atoms in total. The summed E-state index contributed by atoms with van der Waals surface area (Å²) in [6, 6.07) is 12.4. The lowest BCUT2D eigenvalue weighted by Gasteiger charge is -2.16. The van der Waals surface area contributed by atoms with Gasteiger partial charge in [0.25, 0.3) is 0 Å². The fraction of sp³-hybridized carbons (Fsp3) is 0.303. The van der Waals surface area contributed by atoms with Crippen LogP contribution in [0.2, 0.25) is 0 Å². The van der Waals surface area contributed by atoms with Crippen LogP contribution in [0.15, 0.2) is 73.0 Å². The van der Waals surface area contributed by atoms with Crippen LogP contribution in [-0.2, 0) is 24.0 Å². The average molecular weight is 610 g/mol.